The van der Waals surface area contributed by atoms with E-state index < -0.39 is 5.97 Å². The first-order valence-corrected chi connectivity index (χ1v) is 3.90. The summed E-state index contributed by atoms with van der Waals surface area (Å²) in [5.74, 6) is -0.476. The van der Waals surface area contributed by atoms with Gasteiger partial charge in [0.05, 0.1) is 12.2 Å². The highest BCUT2D eigenvalue weighted by Gasteiger charge is 2.10. The van der Waals surface area contributed by atoms with E-state index in [1.165, 1.54) is 6.07 Å². The van der Waals surface area contributed by atoms with E-state index in [4.69, 9.17) is 10.3 Å². The topological polar surface area (TPSA) is 61.0 Å². The predicted octanol–water partition coefficient (Wildman–Crippen LogP) is 1.75. The molecule has 1 aromatic rings. The van der Waals surface area contributed by atoms with Crippen LogP contribution >= 0.6 is 0 Å². The van der Waals surface area contributed by atoms with E-state index in [1.54, 1.807) is 25.1 Å². The molecule has 0 aliphatic rings. The van der Waals surface area contributed by atoms with Crippen molar-refractivity contribution in [3.8, 4) is 0 Å². The van der Waals surface area contributed by atoms with Gasteiger partial charge in [-0.15, -0.1) is 5.11 Å². The molecule has 67 valence electrons. The average molecular weight is 177 g/mol. The van der Waals surface area contributed by atoms with Crippen LogP contribution in [0.15, 0.2) is 29.4 Å². The summed E-state index contributed by atoms with van der Waals surface area (Å²) in [5, 5.41) is 2.97. The fourth-order valence-corrected chi connectivity index (χ4v) is 0.942. The molecule has 0 aliphatic heterocycles. The van der Waals surface area contributed by atoms with Crippen molar-refractivity contribution in [3.05, 3.63) is 29.8 Å². The van der Waals surface area contributed by atoms with Gasteiger partial charge in [0, 0.05) is 0 Å². The van der Waals surface area contributed by atoms with Gasteiger partial charge in [-0.3, -0.25) is 0 Å². The normalized spacial score (nSPS) is 9.31. The number of nitrogens with zero attached hydrogens (tertiary/aromatic N) is 2. The van der Waals surface area contributed by atoms with Gasteiger partial charge in [-0.05, 0) is 24.6 Å². The van der Waals surface area contributed by atoms with Gasteiger partial charge in [-0.25, -0.2) is 4.79 Å². The molecule has 1 rings (SSSR count). The third-order valence-electron chi connectivity index (χ3n) is 1.51. The van der Waals surface area contributed by atoms with Crippen molar-refractivity contribution in [3.63, 3.8) is 0 Å². The molecule has 0 atom stereocenters. The van der Waals surface area contributed by atoms with Crippen LogP contribution in [0.5, 0.6) is 0 Å². The summed E-state index contributed by atoms with van der Waals surface area (Å²) in [7, 11) is 0. The van der Waals surface area contributed by atoms with Crippen LogP contribution in [0.2, 0.25) is 0 Å². The summed E-state index contributed by atoms with van der Waals surface area (Å²) < 4.78 is 4.76. The maximum Gasteiger partial charge on any atom is 0.340 e. The van der Waals surface area contributed by atoms with Crippen LogP contribution in [0.1, 0.15) is 17.3 Å². The second-order valence-electron chi connectivity index (χ2n) is 2.34. The first kappa shape index (κ1) is 9.38. The standard InChI is InChI=1S/C9H9N2O2/c1-2-13-9(12)7-5-3-4-6-8(7)11-10/h3-6H,2H2,1H3. The number of ether oxygens (including phenoxy) is 1. The Balaban J connectivity index is 2.98. The van der Waals surface area contributed by atoms with Gasteiger partial charge in [-0.2, -0.15) is 0 Å². The SMILES string of the molecule is CCOC(=O)c1ccccc1N=[N]. The van der Waals surface area contributed by atoms with Gasteiger partial charge in [0.2, 0.25) is 0 Å². The minimum Gasteiger partial charge on any atom is -0.462 e. The first-order chi connectivity index (χ1) is 6.29. The van der Waals surface area contributed by atoms with Gasteiger partial charge < -0.3 is 4.74 Å². The minimum atomic E-state index is -0.476. The Hall–Kier alpha value is -1.71. The van der Waals surface area contributed by atoms with E-state index in [1.807, 2.05) is 0 Å². The van der Waals surface area contributed by atoms with Crippen molar-refractivity contribution < 1.29 is 9.53 Å². The average Bonchev–Trinajstić information content (AvgIpc) is 2.18. The second-order valence-corrected chi connectivity index (χ2v) is 2.34. The Morgan fingerprint density at radius 1 is 1.54 bits per heavy atom. The third-order valence-corrected chi connectivity index (χ3v) is 1.51. The molecule has 0 unspecified atom stereocenters. The Bertz CT molecular complexity index is 323. The van der Waals surface area contributed by atoms with Crippen molar-refractivity contribution in [1.82, 2.24) is 5.53 Å². The van der Waals surface area contributed by atoms with Gasteiger partial charge in [0.15, 0.2) is 0 Å². The van der Waals surface area contributed by atoms with Crippen LogP contribution in [0.25, 0.3) is 0 Å². The summed E-state index contributed by atoms with van der Waals surface area (Å²) in [5.41, 5.74) is 9.05. The summed E-state index contributed by atoms with van der Waals surface area (Å²) in [6.07, 6.45) is 0. The molecule has 0 bridgehead atoms. The summed E-state index contributed by atoms with van der Waals surface area (Å²) in [6.45, 7) is 2.02. The molecular formula is C9H9N2O2. The van der Waals surface area contributed by atoms with Crippen molar-refractivity contribution in [2.75, 3.05) is 6.61 Å². The lowest BCUT2D eigenvalue weighted by atomic mass is 10.2. The molecule has 0 heterocycles. The number of benzene rings is 1. The largest absolute Gasteiger partial charge is 0.462 e. The van der Waals surface area contributed by atoms with Crippen LogP contribution in [-0.2, 0) is 4.74 Å². The van der Waals surface area contributed by atoms with Crippen LogP contribution in [0.3, 0.4) is 0 Å². The number of carbonyl (C=O) groups is 1. The van der Waals surface area contributed by atoms with Gasteiger partial charge in [-0.1, -0.05) is 12.1 Å². The zero-order chi connectivity index (χ0) is 9.68. The highest BCUT2D eigenvalue weighted by atomic mass is 16.5. The van der Waals surface area contributed by atoms with Crippen LogP contribution < -0.4 is 5.53 Å². The minimum absolute atomic E-state index is 0.223. The molecule has 1 radical (unpaired) electrons. The first-order valence-electron chi connectivity index (χ1n) is 3.90. The molecule has 4 nitrogen and oxygen atoms in total. The predicted molar refractivity (Wildman–Crippen MR) is 46.6 cm³/mol. The van der Waals surface area contributed by atoms with Gasteiger partial charge >= 0.3 is 5.97 Å². The molecule has 0 saturated carbocycles. The highest BCUT2D eigenvalue weighted by molar-refractivity contribution is 5.94. The van der Waals surface area contributed by atoms with Crippen LogP contribution in [-0.4, -0.2) is 12.6 Å². The molecule has 1 aromatic carbocycles. The summed E-state index contributed by atoms with van der Waals surface area (Å²) >= 11 is 0. The van der Waals surface area contributed by atoms with E-state index in [0.29, 0.717) is 6.61 Å². The lowest BCUT2D eigenvalue weighted by molar-refractivity contribution is 0.0527. The van der Waals surface area contributed by atoms with E-state index in [9.17, 15) is 4.79 Å². The van der Waals surface area contributed by atoms with Gasteiger partial charge in [0.1, 0.15) is 5.69 Å². The molecule has 0 aliphatic carbocycles. The number of hydrogen-bond donors (Lipinski definition) is 0. The molecule has 4 heteroatoms. The molecule has 0 aromatic heterocycles. The van der Waals surface area contributed by atoms with Crippen molar-refractivity contribution >= 4 is 11.7 Å². The lowest BCUT2D eigenvalue weighted by Crippen LogP contribution is -2.04. The lowest BCUT2D eigenvalue weighted by Gasteiger charge is -2.02. The van der Waals surface area contributed by atoms with Crippen LogP contribution in [0, 0.1) is 0 Å². The molecular weight excluding hydrogens is 168 g/mol. The molecule has 0 spiro atoms. The van der Waals surface area contributed by atoms with Crippen LogP contribution in [0.4, 0.5) is 5.69 Å². The molecule has 0 amide bonds. The Morgan fingerprint density at radius 3 is 2.85 bits per heavy atom. The molecule has 13 heavy (non-hydrogen) atoms. The highest BCUT2D eigenvalue weighted by Crippen LogP contribution is 2.18. The second kappa shape index (κ2) is 4.35. The monoisotopic (exact) mass is 177 g/mol. The molecule has 0 N–H and O–H groups in total. The van der Waals surface area contributed by atoms with Crippen molar-refractivity contribution in [2.24, 2.45) is 5.11 Å². The fourth-order valence-electron chi connectivity index (χ4n) is 0.942. The molecule has 0 saturated heterocycles. The van der Waals surface area contributed by atoms with Gasteiger partial charge in [0.25, 0.3) is 0 Å². The zero-order valence-electron chi connectivity index (χ0n) is 7.23. The van der Waals surface area contributed by atoms with E-state index in [-0.39, 0.29) is 11.3 Å². The zero-order valence-corrected chi connectivity index (χ0v) is 7.23. The number of carbonyl (C=O) groups excluding carboxylic acids is 1. The Kier molecular flexibility index (Phi) is 3.14. The number of rotatable bonds is 3. The summed E-state index contributed by atoms with van der Waals surface area (Å²) in [4.78, 5) is 11.2. The maximum absolute atomic E-state index is 11.2. The smallest absolute Gasteiger partial charge is 0.340 e. The molecule has 0 fully saturated rings. The van der Waals surface area contributed by atoms with Crippen molar-refractivity contribution in [1.29, 1.82) is 0 Å². The summed E-state index contributed by atoms with van der Waals surface area (Å²) in [6, 6.07) is 6.44. The number of hydrogen-bond acceptors (Lipinski definition) is 3. The van der Waals surface area contributed by atoms with Crippen molar-refractivity contribution in [2.45, 2.75) is 6.92 Å². The Labute approximate surface area is 76.0 Å². The van der Waals surface area contributed by atoms with E-state index in [0.717, 1.165) is 0 Å². The fraction of sp³-hybridized carbons (Fsp3) is 0.222. The van der Waals surface area contributed by atoms with E-state index >= 15 is 0 Å². The quantitative estimate of drug-likeness (QED) is 0.521. The third kappa shape index (κ3) is 2.11. The number of esters is 1. The Morgan fingerprint density at radius 2 is 2.23 bits per heavy atom. The van der Waals surface area contributed by atoms with E-state index in [2.05, 4.69) is 5.11 Å². The maximum atomic E-state index is 11.2.